The number of thioether (sulfide) groups is 1. The highest BCUT2D eigenvalue weighted by atomic mass is 35.5. The van der Waals surface area contributed by atoms with Crippen LogP contribution in [-0.2, 0) is 21.2 Å². The van der Waals surface area contributed by atoms with Crippen LogP contribution in [0.15, 0.2) is 28.3 Å². The van der Waals surface area contributed by atoms with Gasteiger partial charge >= 0.3 is 0 Å². The van der Waals surface area contributed by atoms with Gasteiger partial charge in [0.05, 0.1) is 15.6 Å². The van der Waals surface area contributed by atoms with Crippen molar-refractivity contribution in [2.45, 2.75) is 50.6 Å². The number of aryl methyl sites for hydroxylation is 2. The van der Waals surface area contributed by atoms with Crippen molar-refractivity contribution in [1.29, 1.82) is 0 Å². The molecule has 0 saturated carbocycles. The van der Waals surface area contributed by atoms with Crippen molar-refractivity contribution in [3.05, 3.63) is 40.2 Å². The molecule has 2 aromatic rings. The first-order valence-corrected chi connectivity index (χ1v) is 12.7. The van der Waals surface area contributed by atoms with Crippen LogP contribution in [0.2, 0.25) is 5.02 Å². The zero-order valence-corrected chi connectivity index (χ0v) is 20.2. The van der Waals surface area contributed by atoms with Gasteiger partial charge in [-0.3, -0.25) is 4.79 Å². The van der Waals surface area contributed by atoms with E-state index in [0.29, 0.717) is 24.7 Å². The molecule has 1 aromatic heterocycles. The first-order valence-electron chi connectivity index (χ1n) is 9.61. The van der Waals surface area contributed by atoms with Crippen LogP contribution in [0.25, 0.3) is 0 Å². The fraction of sp³-hybridized carbons (Fsp3) is 0.450. The number of hydrogen-bond acceptors (Lipinski definition) is 6. The summed E-state index contributed by atoms with van der Waals surface area (Å²) in [4.78, 5) is 21.5. The lowest BCUT2D eigenvalue weighted by Gasteiger charge is -2.19. The SMILES string of the molecule is CCN(CC)S(=O)(=O)c1ccc(Cl)c(NC(=O)CCc2c(C)nc(SC)nc2C)c1. The van der Waals surface area contributed by atoms with Crippen LogP contribution in [0, 0.1) is 13.8 Å². The molecule has 0 aliphatic rings. The third-order valence-corrected chi connectivity index (χ3v) is 7.66. The second kappa shape index (κ2) is 10.6. The molecular weight excluding hydrogens is 444 g/mol. The second-order valence-electron chi connectivity index (χ2n) is 6.64. The summed E-state index contributed by atoms with van der Waals surface area (Å²) in [5.41, 5.74) is 2.92. The van der Waals surface area contributed by atoms with E-state index < -0.39 is 10.0 Å². The first kappa shape index (κ1) is 24.6. The molecule has 0 atom stereocenters. The molecular formula is C20H27ClN4O3S2. The number of anilines is 1. The highest BCUT2D eigenvalue weighted by Crippen LogP contribution is 2.27. The highest BCUT2D eigenvalue weighted by molar-refractivity contribution is 7.98. The van der Waals surface area contributed by atoms with E-state index in [0.717, 1.165) is 17.0 Å². The zero-order chi connectivity index (χ0) is 22.5. The Bertz CT molecular complexity index is 1000. The minimum absolute atomic E-state index is 0.0960. The standard InChI is InChI=1S/C20H27ClN4O3S2/c1-6-25(7-2)30(27,28)15-8-10-17(21)18(12-15)24-19(26)11-9-16-13(3)22-20(29-5)23-14(16)4/h8,10,12H,6-7,9,11H2,1-5H3,(H,24,26). The molecule has 7 nitrogen and oxygen atoms in total. The maximum Gasteiger partial charge on any atom is 0.243 e. The fourth-order valence-corrected chi connectivity index (χ4v) is 5.19. The Morgan fingerprint density at radius 1 is 1.17 bits per heavy atom. The van der Waals surface area contributed by atoms with Crippen molar-refractivity contribution >= 4 is 45.0 Å². The quantitative estimate of drug-likeness (QED) is 0.438. The van der Waals surface area contributed by atoms with Gasteiger partial charge in [0.2, 0.25) is 15.9 Å². The molecule has 1 heterocycles. The maximum absolute atomic E-state index is 12.7. The molecule has 0 spiro atoms. The van der Waals surface area contributed by atoms with E-state index in [9.17, 15) is 13.2 Å². The summed E-state index contributed by atoms with van der Waals surface area (Å²) in [5, 5.41) is 3.71. The summed E-state index contributed by atoms with van der Waals surface area (Å²) in [6, 6.07) is 4.33. The Labute approximate surface area is 187 Å². The number of carbonyl (C=O) groups is 1. The third kappa shape index (κ3) is 5.72. The summed E-state index contributed by atoms with van der Waals surface area (Å²) in [7, 11) is -3.64. The van der Waals surface area contributed by atoms with Crippen molar-refractivity contribution in [2.24, 2.45) is 0 Å². The summed E-state index contributed by atoms with van der Waals surface area (Å²) in [6.45, 7) is 8.08. The lowest BCUT2D eigenvalue weighted by molar-refractivity contribution is -0.116. The largest absolute Gasteiger partial charge is 0.325 e. The monoisotopic (exact) mass is 470 g/mol. The van der Waals surface area contributed by atoms with Crippen molar-refractivity contribution in [3.8, 4) is 0 Å². The third-order valence-electron chi connectivity index (χ3n) is 4.74. The molecule has 1 aromatic carbocycles. The van der Waals surface area contributed by atoms with E-state index in [-0.39, 0.29) is 27.9 Å². The van der Waals surface area contributed by atoms with Gasteiger partial charge in [0.15, 0.2) is 5.16 Å². The Balaban J connectivity index is 2.16. The van der Waals surface area contributed by atoms with Crippen LogP contribution in [-0.4, -0.2) is 47.9 Å². The summed E-state index contributed by atoms with van der Waals surface area (Å²) in [6.07, 6.45) is 2.60. The molecule has 0 unspecified atom stereocenters. The molecule has 0 bridgehead atoms. The molecule has 0 aliphatic heterocycles. The second-order valence-corrected chi connectivity index (χ2v) is 9.76. The Morgan fingerprint density at radius 2 is 1.77 bits per heavy atom. The number of benzene rings is 1. The predicted molar refractivity (Wildman–Crippen MR) is 122 cm³/mol. The molecule has 0 saturated heterocycles. The molecule has 1 N–H and O–H groups in total. The molecule has 30 heavy (non-hydrogen) atoms. The summed E-state index contributed by atoms with van der Waals surface area (Å²) < 4.78 is 26.8. The molecule has 0 fully saturated rings. The first-order chi connectivity index (χ1) is 14.1. The number of halogens is 1. The van der Waals surface area contributed by atoms with Crippen molar-refractivity contribution < 1.29 is 13.2 Å². The van der Waals surface area contributed by atoms with Crippen molar-refractivity contribution in [2.75, 3.05) is 24.7 Å². The molecule has 0 radical (unpaired) electrons. The number of amides is 1. The van der Waals surface area contributed by atoms with Crippen LogP contribution >= 0.6 is 23.4 Å². The van der Waals surface area contributed by atoms with Gasteiger partial charge in [0.25, 0.3) is 0 Å². The van der Waals surface area contributed by atoms with Crippen LogP contribution in [0.5, 0.6) is 0 Å². The Hall–Kier alpha value is -1.68. The number of nitrogens with zero attached hydrogens (tertiary/aromatic N) is 3. The topological polar surface area (TPSA) is 92.3 Å². The van der Waals surface area contributed by atoms with Crippen LogP contribution in [0.3, 0.4) is 0 Å². The Kier molecular flexibility index (Phi) is 8.66. The van der Waals surface area contributed by atoms with E-state index in [2.05, 4.69) is 15.3 Å². The molecule has 1 amide bonds. The molecule has 2 rings (SSSR count). The average Bonchev–Trinajstić information content (AvgIpc) is 2.69. The van der Waals surface area contributed by atoms with Gasteiger partial charge in [0, 0.05) is 30.9 Å². The molecule has 0 aliphatic carbocycles. The smallest absolute Gasteiger partial charge is 0.243 e. The predicted octanol–water partition coefficient (Wildman–Crippen LogP) is 4.07. The zero-order valence-electron chi connectivity index (χ0n) is 17.8. The number of sulfonamides is 1. The van der Waals surface area contributed by atoms with Crippen LogP contribution in [0.1, 0.15) is 37.2 Å². The van der Waals surface area contributed by atoms with Crippen molar-refractivity contribution in [1.82, 2.24) is 14.3 Å². The van der Waals surface area contributed by atoms with Crippen LogP contribution < -0.4 is 5.32 Å². The van der Waals surface area contributed by atoms with Gasteiger partial charge < -0.3 is 5.32 Å². The van der Waals surface area contributed by atoms with E-state index in [1.54, 1.807) is 13.8 Å². The Morgan fingerprint density at radius 3 is 2.30 bits per heavy atom. The van der Waals surface area contributed by atoms with Gasteiger partial charge in [0.1, 0.15) is 0 Å². The normalized spacial score (nSPS) is 11.7. The fourth-order valence-electron chi connectivity index (χ4n) is 3.09. The molecule has 10 heteroatoms. The van der Waals surface area contributed by atoms with Gasteiger partial charge in [-0.1, -0.05) is 37.2 Å². The maximum atomic E-state index is 12.7. The van der Waals surface area contributed by atoms with Gasteiger partial charge in [-0.15, -0.1) is 0 Å². The average molecular weight is 471 g/mol. The highest BCUT2D eigenvalue weighted by Gasteiger charge is 2.23. The van der Waals surface area contributed by atoms with Crippen molar-refractivity contribution in [3.63, 3.8) is 0 Å². The van der Waals surface area contributed by atoms with E-state index in [4.69, 9.17) is 11.6 Å². The number of carbonyl (C=O) groups excluding carboxylic acids is 1. The lowest BCUT2D eigenvalue weighted by atomic mass is 10.1. The minimum Gasteiger partial charge on any atom is -0.325 e. The van der Waals surface area contributed by atoms with Gasteiger partial charge in [-0.05, 0) is 50.3 Å². The number of rotatable bonds is 9. The summed E-state index contributed by atoms with van der Waals surface area (Å²) >= 11 is 7.67. The number of hydrogen-bond donors (Lipinski definition) is 1. The number of nitrogens with one attached hydrogen (secondary N) is 1. The number of aromatic nitrogens is 2. The van der Waals surface area contributed by atoms with E-state index in [1.807, 2.05) is 20.1 Å². The van der Waals surface area contributed by atoms with Gasteiger partial charge in [-0.25, -0.2) is 18.4 Å². The van der Waals surface area contributed by atoms with E-state index >= 15 is 0 Å². The summed E-state index contributed by atoms with van der Waals surface area (Å²) in [5.74, 6) is -0.262. The minimum atomic E-state index is -3.64. The van der Waals surface area contributed by atoms with Crippen LogP contribution in [0.4, 0.5) is 5.69 Å². The lowest BCUT2D eigenvalue weighted by Crippen LogP contribution is -2.30. The molecule has 164 valence electrons. The van der Waals surface area contributed by atoms with E-state index in [1.165, 1.54) is 34.3 Å². The van der Waals surface area contributed by atoms with Gasteiger partial charge in [-0.2, -0.15) is 4.31 Å².